The zero-order valence-electron chi connectivity index (χ0n) is 18.5. The van der Waals surface area contributed by atoms with Crippen molar-refractivity contribution in [3.05, 3.63) is 90.8 Å². The molecule has 0 aliphatic carbocycles. The summed E-state index contributed by atoms with van der Waals surface area (Å²) >= 11 is 0. The number of rotatable bonds is 6. The number of fused-ring (bicyclic) bond motifs is 1. The van der Waals surface area contributed by atoms with E-state index in [2.05, 4.69) is 50.4 Å². The summed E-state index contributed by atoms with van der Waals surface area (Å²) in [6, 6.07) is 18.1. The van der Waals surface area contributed by atoms with Gasteiger partial charge in [-0.15, -0.1) is 0 Å². The number of nitrogens with zero attached hydrogens (tertiary/aromatic N) is 4. The maximum absolute atomic E-state index is 5.63. The van der Waals surface area contributed by atoms with Crippen LogP contribution in [0.5, 0.6) is 0 Å². The van der Waals surface area contributed by atoms with Crippen molar-refractivity contribution < 1.29 is 4.42 Å². The molecule has 166 valence electrons. The maximum atomic E-state index is 5.63. The largest absolute Gasteiger partial charge is 0.464 e. The summed E-state index contributed by atoms with van der Waals surface area (Å²) in [5.41, 5.74) is 6.02. The van der Waals surface area contributed by atoms with E-state index in [1.807, 2.05) is 55.7 Å². The first-order chi connectivity index (χ1) is 15.7. The first kappa shape index (κ1) is 22.5. The van der Waals surface area contributed by atoms with Gasteiger partial charge in [0.05, 0.1) is 17.5 Å². The molecule has 5 aromatic rings. The van der Waals surface area contributed by atoms with Crippen LogP contribution >= 0.6 is 13.5 Å². The highest BCUT2D eigenvalue weighted by atomic mass is 32.1. The van der Waals surface area contributed by atoms with Crippen molar-refractivity contribution in [2.24, 2.45) is 0 Å². The molecule has 5 rings (SSSR count). The van der Waals surface area contributed by atoms with Gasteiger partial charge in [0.25, 0.3) is 0 Å². The van der Waals surface area contributed by atoms with Crippen LogP contribution in [0.15, 0.2) is 84.0 Å². The van der Waals surface area contributed by atoms with Crippen LogP contribution < -0.4 is 5.32 Å². The minimum Gasteiger partial charge on any atom is -0.464 e. The lowest BCUT2D eigenvalue weighted by molar-refractivity contribution is 0.583. The van der Waals surface area contributed by atoms with Crippen molar-refractivity contribution in [1.29, 1.82) is 0 Å². The molecule has 0 amide bonds. The number of benzene rings is 1. The molecule has 33 heavy (non-hydrogen) atoms. The molecule has 0 saturated heterocycles. The van der Waals surface area contributed by atoms with Crippen LogP contribution in [-0.2, 0) is 0 Å². The Morgan fingerprint density at radius 1 is 0.970 bits per heavy atom. The van der Waals surface area contributed by atoms with Crippen molar-refractivity contribution in [1.82, 2.24) is 19.9 Å². The van der Waals surface area contributed by atoms with Gasteiger partial charge < -0.3 is 9.73 Å². The Hall–Kier alpha value is -3.71. The highest BCUT2D eigenvalue weighted by molar-refractivity contribution is 7.59. The summed E-state index contributed by atoms with van der Waals surface area (Å²) in [6.07, 6.45) is 6.95. The van der Waals surface area contributed by atoms with Gasteiger partial charge in [-0.2, -0.15) is 13.5 Å². The fourth-order valence-electron chi connectivity index (χ4n) is 3.84. The van der Waals surface area contributed by atoms with Crippen molar-refractivity contribution in [2.75, 3.05) is 11.9 Å². The number of para-hydroxylation sites is 1. The molecule has 1 aromatic carbocycles. The predicted molar refractivity (Wildman–Crippen MR) is 137 cm³/mol. The number of pyridine rings is 2. The standard InChI is InChI=1S/C26H23N5O.H2S/c1-17(14-29-25-13-23(30-16-31-25)19-9-8-18(2)28-15-19)20-5-3-6-22-21(10-11-27-26(20)22)24-7-4-12-32-24;/h3-13,15-17H,14H2,1-2H3,(H,29,30,31);1H2/t17-;/m1./s1. The normalized spacial score (nSPS) is 11.7. The summed E-state index contributed by atoms with van der Waals surface area (Å²) in [5, 5.41) is 4.54. The SMILES string of the molecule is Cc1ccc(-c2cc(NC[C@@H](C)c3cccc4c(-c5ccco5)ccnc34)ncn2)cn1.S. The zero-order valence-corrected chi connectivity index (χ0v) is 19.5. The third kappa shape index (κ3) is 4.73. The molecule has 0 unspecified atom stereocenters. The highest BCUT2D eigenvalue weighted by Crippen LogP contribution is 2.32. The van der Waals surface area contributed by atoms with E-state index in [1.54, 1.807) is 12.6 Å². The highest BCUT2D eigenvalue weighted by Gasteiger charge is 2.14. The Morgan fingerprint density at radius 2 is 1.88 bits per heavy atom. The predicted octanol–water partition coefficient (Wildman–Crippen LogP) is 5.98. The molecular weight excluding hydrogens is 430 g/mol. The van der Waals surface area contributed by atoms with Gasteiger partial charge in [-0.05, 0) is 42.8 Å². The Labute approximate surface area is 199 Å². The van der Waals surface area contributed by atoms with Gasteiger partial charge in [0.2, 0.25) is 0 Å². The Kier molecular flexibility index (Phi) is 6.70. The first-order valence-corrected chi connectivity index (χ1v) is 10.6. The van der Waals surface area contributed by atoms with E-state index >= 15 is 0 Å². The van der Waals surface area contributed by atoms with Crippen LogP contribution in [0.25, 0.3) is 33.5 Å². The van der Waals surface area contributed by atoms with E-state index in [-0.39, 0.29) is 19.4 Å². The molecule has 6 nitrogen and oxygen atoms in total. The number of anilines is 1. The topological polar surface area (TPSA) is 76.7 Å². The van der Waals surface area contributed by atoms with Crippen LogP contribution in [0.2, 0.25) is 0 Å². The van der Waals surface area contributed by atoms with Crippen LogP contribution in [0, 0.1) is 6.92 Å². The number of hydrogen-bond donors (Lipinski definition) is 1. The van der Waals surface area contributed by atoms with E-state index in [4.69, 9.17) is 4.42 Å². The zero-order chi connectivity index (χ0) is 21.9. The van der Waals surface area contributed by atoms with Crippen LogP contribution in [-0.4, -0.2) is 26.5 Å². The smallest absolute Gasteiger partial charge is 0.134 e. The molecule has 1 N–H and O–H groups in total. The van der Waals surface area contributed by atoms with Crippen molar-refractivity contribution in [2.45, 2.75) is 19.8 Å². The Morgan fingerprint density at radius 3 is 2.67 bits per heavy atom. The lowest BCUT2D eigenvalue weighted by Gasteiger charge is -2.16. The number of hydrogen-bond acceptors (Lipinski definition) is 6. The van der Waals surface area contributed by atoms with Crippen LogP contribution in [0.3, 0.4) is 0 Å². The summed E-state index contributed by atoms with van der Waals surface area (Å²) in [6.45, 7) is 4.88. The Bertz CT molecular complexity index is 1350. The van der Waals surface area contributed by atoms with Gasteiger partial charge in [0.15, 0.2) is 0 Å². The summed E-state index contributed by atoms with van der Waals surface area (Å²) in [4.78, 5) is 17.8. The molecular formula is C26H25N5OS. The van der Waals surface area contributed by atoms with Gasteiger partial charge in [-0.1, -0.05) is 25.1 Å². The number of nitrogens with one attached hydrogen (secondary N) is 1. The molecule has 0 fully saturated rings. The third-order valence-corrected chi connectivity index (χ3v) is 5.58. The van der Waals surface area contributed by atoms with E-state index in [9.17, 15) is 0 Å². The van der Waals surface area contributed by atoms with Crippen LogP contribution in [0.4, 0.5) is 5.82 Å². The fraction of sp³-hybridized carbons (Fsp3) is 0.154. The van der Waals surface area contributed by atoms with E-state index in [0.717, 1.165) is 45.0 Å². The number of furan rings is 1. The molecule has 1 atom stereocenters. The molecule has 4 aromatic heterocycles. The van der Waals surface area contributed by atoms with Gasteiger partial charge in [-0.3, -0.25) is 9.97 Å². The molecule has 0 radical (unpaired) electrons. The minimum absolute atomic E-state index is 0. The molecule has 0 bridgehead atoms. The summed E-state index contributed by atoms with van der Waals surface area (Å²) in [7, 11) is 0. The number of aromatic nitrogens is 4. The quantitative estimate of drug-likeness (QED) is 0.339. The fourth-order valence-corrected chi connectivity index (χ4v) is 3.84. The second-order valence-electron chi connectivity index (χ2n) is 7.84. The number of aryl methyl sites for hydroxylation is 1. The lowest BCUT2D eigenvalue weighted by Crippen LogP contribution is -2.11. The van der Waals surface area contributed by atoms with Crippen molar-refractivity contribution >= 4 is 30.2 Å². The monoisotopic (exact) mass is 455 g/mol. The molecule has 0 spiro atoms. The first-order valence-electron chi connectivity index (χ1n) is 10.6. The van der Waals surface area contributed by atoms with Gasteiger partial charge in [0, 0.05) is 53.1 Å². The molecule has 7 heteroatoms. The summed E-state index contributed by atoms with van der Waals surface area (Å²) in [5.74, 6) is 1.85. The van der Waals surface area contributed by atoms with Crippen molar-refractivity contribution in [3.8, 4) is 22.6 Å². The van der Waals surface area contributed by atoms with E-state index < -0.39 is 0 Å². The molecule has 0 aliphatic rings. The van der Waals surface area contributed by atoms with Gasteiger partial charge >= 0.3 is 0 Å². The molecule has 0 aliphatic heterocycles. The molecule has 4 heterocycles. The third-order valence-electron chi connectivity index (χ3n) is 5.58. The minimum atomic E-state index is 0. The average Bonchev–Trinajstić information content (AvgIpc) is 3.37. The van der Waals surface area contributed by atoms with Gasteiger partial charge in [0.1, 0.15) is 17.9 Å². The Balaban J connectivity index is 0.00000259. The van der Waals surface area contributed by atoms with Crippen molar-refractivity contribution in [3.63, 3.8) is 0 Å². The second-order valence-corrected chi connectivity index (χ2v) is 7.84. The summed E-state index contributed by atoms with van der Waals surface area (Å²) < 4.78 is 5.63. The maximum Gasteiger partial charge on any atom is 0.134 e. The molecule has 0 saturated carbocycles. The van der Waals surface area contributed by atoms with E-state index in [1.165, 1.54) is 5.56 Å². The lowest BCUT2D eigenvalue weighted by atomic mass is 9.95. The second kappa shape index (κ2) is 9.83. The van der Waals surface area contributed by atoms with E-state index in [0.29, 0.717) is 6.54 Å². The van der Waals surface area contributed by atoms with Gasteiger partial charge in [-0.25, -0.2) is 9.97 Å². The van der Waals surface area contributed by atoms with Crippen LogP contribution in [0.1, 0.15) is 24.1 Å². The average molecular weight is 456 g/mol.